The maximum atomic E-state index is 6.55. The zero-order valence-corrected chi connectivity index (χ0v) is 21.0. The van der Waals surface area contributed by atoms with Gasteiger partial charge >= 0.3 is 0 Å². The SMILES string of the molecule is c1ccc(-n2c3ccccc3c3cc(-n4c5ccccc5c5ccc6c7ccccc7oc6c54)ccc32)cc1. The van der Waals surface area contributed by atoms with Crippen LogP contribution < -0.4 is 0 Å². The van der Waals surface area contributed by atoms with Gasteiger partial charge in [0.05, 0.1) is 22.1 Å². The van der Waals surface area contributed by atoms with Gasteiger partial charge in [0.25, 0.3) is 0 Å². The van der Waals surface area contributed by atoms with Crippen LogP contribution in [0.15, 0.2) is 138 Å². The van der Waals surface area contributed by atoms with Crippen molar-refractivity contribution < 1.29 is 4.42 Å². The lowest BCUT2D eigenvalue weighted by Gasteiger charge is -2.10. The maximum Gasteiger partial charge on any atom is 0.160 e. The van der Waals surface area contributed by atoms with Crippen molar-refractivity contribution in [2.24, 2.45) is 0 Å². The molecule has 3 nitrogen and oxygen atoms in total. The molecule has 0 saturated heterocycles. The molecule has 0 spiro atoms. The van der Waals surface area contributed by atoms with Gasteiger partial charge in [-0.1, -0.05) is 78.9 Å². The van der Waals surface area contributed by atoms with Gasteiger partial charge in [0, 0.05) is 43.7 Å². The molecule has 0 saturated carbocycles. The number of aromatic nitrogens is 2. The van der Waals surface area contributed by atoms with Crippen molar-refractivity contribution in [3.8, 4) is 11.4 Å². The summed E-state index contributed by atoms with van der Waals surface area (Å²) in [7, 11) is 0. The Morgan fingerprint density at radius 1 is 0.385 bits per heavy atom. The number of furan rings is 1. The van der Waals surface area contributed by atoms with Crippen LogP contribution in [0.5, 0.6) is 0 Å². The maximum absolute atomic E-state index is 6.55. The molecular weight excluding hydrogens is 476 g/mol. The Kier molecular flexibility index (Phi) is 4.05. The summed E-state index contributed by atoms with van der Waals surface area (Å²) in [5.74, 6) is 0. The lowest BCUT2D eigenvalue weighted by molar-refractivity contribution is 0.671. The predicted molar refractivity (Wildman–Crippen MR) is 162 cm³/mol. The van der Waals surface area contributed by atoms with Gasteiger partial charge in [-0.2, -0.15) is 0 Å². The second-order valence-electron chi connectivity index (χ2n) is 10.2. The molecule has 6 aromatic carbocycles. The first-order valence-corrected chi connectivity index (χ1v) is 13.3. The van der Waals surface area contributed by atoms with Gasteiger partial charge in [-0.25, -0.2) is 0 Å². The van der Waals surface area contributed by atoms with Crippen molar-refractivity contribution in [1.82, 2.24) is 9.13 Å². The molecule has 0 N–H and O–H groups in total. The Labute approximate surface area is 223 Å². The van der Waals surface area contributed by atoms with Crippen molar-refractivity contribution in [2.45, 2.75) is 0 Å². The molecular formula is C36H22N2O. The first-order valence-electron chi connectivity index (χ1n) is 13.3. The fraction of sp³-hybridized carbons (Fsp3) is 0. The number of hydrogen-bond donors (Lipinski definition) is 0. The largest absolute Gasteiger partial charge is 0.454 e. The molecule has 9 aromatic rings. The molecule has 0 aliphatic rings. The third-order valence-corrected chi connectivity index (χ3v) is 8.11. The zero-order chi connectivity index (χ0) is 25.5. The number of benzene rings is 6. The van der Waals surface area contributed by atoms with E-state index in [2.05, 4.69) is 137 Å². The summed E-state index contributed by atoms with van der Waals surface area (Å²) in [5.41, 5.74) is 8.81. The van der Waals surface area contributed by atoms with Crippen LogP contribution in [-0.4, -0.2) is 9.13 Å². The number of nitrogens with zero attached hydrogens (tertiary/aromatic N) is 2. The third-order valence-electron chi connectivity index (χ3n) is 8.11. The van der Waals surface area contributed by atoms with Crippen LogP contribution in [-0.2, 0) is 0 Å². The van der Waals surface area contributed by atoms with E-state index in [9.17, 15) is 0 Å². The second-order valence-corrected chi connectivity index (χ2v) is 10.2. The monoisotopic (exact) mass is 498 g/mol. The number of hydrogen-bond acceptors (Lipinski definition) is 1. The Hall–Kier alpha value is -5.28. The van der Waals surface area contributed by atoms with Gasteiger partial charge in [0.1, 0.15) is 5.58 Å². The molecule has 182 valence electrons. The minimum atomic E-state index is 0.915. The third kappa shape index (κ3) is 2.76. The van der Waals surface area contributed by atoms with Gasteiger partial charge in [0.2, 0.25) is 0 Å². The van der Waals surface area contributed by atoms with E-state index in [-0.39, 0.29) is 0 Å². The summed E-state index contributed by atoms with van der Waals surface area (Å²) in [5, 5.41) is 7.18. The Bertz CT molecular complexity index is 2390. The second kappa shape index (κ2) is 7.62. The minimum absolute atomic E-state index is 0.915. The van der Waals surface area contributed by atoms with Crippen molar-refractivity contribution in [3.63, 3.8) is 0 Å². The summed E-state index contributed by atoms with van der Waals surface area (Å²) in [6, 6.07) is 47.5. The van der Waals surface area contributed by atoms with E-state index >= 15 is 0 Å². The van der Waals surface area contributed by atoms with Gasteiger partial charge in [-0.3, -0.25) is 0 Å². The Morgan fingerprint density at radius 2 is 1.00 bits per heavy atom. The average molecular weight is 499 g/mol. The molecule has 0 atom stereocenters. The van der Waals surface area contributed by atoms with Crippen molar-refractivity contribution in [3.05, 3.63) is 133 Å². The molecule has 0 fully saturated rings. The van der Waals surface area contributed by atoms with Crippen LogP contribution in [0.1, 0.15) is 0 Å². The van der Waals surface area contributed by atoms with Gasteiger partial charge in [-0.05, 0) is 54.6 Å². The number of fused-ring (bicyclic) bond motifs is 10. The first-order chi connectivity index (χ1) is 19.4. The normalized spacial score (nSPS) is 12.1. The topological polar surface area (TPSA) is 23.0 Å². The number of para-hydroxylation sites is 4. The zero-order valence-electron chi connectivity index (χ0n) is 21.0. The molecule has 0 bridgehead atoms. The van der Waals surface area contributed by atoms with E-state index in [1.54, 1.807) is 0 Å². The highest BCUT2D eigenvalue weighted by molar-refractivity contribution is 6.21. The Balaban J connectivity index is 1.43. The minimum Gasteiger partial charge on any atom is -0.454 e. The fourth-order valence-electron chi connectivity index (χ4n) is 6.45. The van der Waals surface area contributed by atoms with Gasteiger partial charge < -0.3 is 13.6 Å². The summed E-state index contributed by atoms with van der Waals surface area (Å²) in [4.78, 5) is 0. The highest BCUT2D eigenvalue weighted by atomic mass is 16.3. The highest BCUT2D eigenvalue weighted by Crippen LogP contribution is 2.41. The molecule has 0 aliphatic carbocycles. The highest BCUT2D eigenvalue weighted by Gasteiger charge is 2.20. The van der Waals surface area contributed by atoms with Crippen LogP contribution in [0.4, 0.5) is 0 Å². The van der Waals surface area contributed by atoms with E-state index in [4.69, 9.17) is 4.42 Å². The smallest absolute Gasteiger partial charge is 0.160 e. The summed E-state index contributed by atoms with van der Waals surface area (Å²) < 4.78 is 11.3. The van der Waals surface area contributed by atoms with E-state index in [0.717, 1.165) is 38.8 Å². The molecule has 0 aliphatic heterocycles. The molecule has 3 heteroatoms. The lowest BCUT2D eigenvalue weighted by atomic mass is 10.1. The van der Waals surface area contributed by atoms with Crippen molar-refractivity contribution in [1.29, 1.82) is 0 Å². The summed E-state index contributed by atoms with van der Waals surface area (Å²) in [6.07, 6.45) is 0. The summed E-state index contributed by atoms with van der Waals surface area (Å²) >= 11 is 0. The standard InChI is InChI=1S/C36H22N2O/c1-2-10-23(11-3-1)37-31-15-7-5-13-26(31)30-22-24(18-21-33(30)37)38-32-16-8-4-12-25(32)28-19-20-29-27-14-6-9-17-34(27)39-36(29)35(28)38/h1-22H. The van der Waals surface area contributed by atoms with E-state index in [1.165, 1.54) is 38.1 Å². The van der Waals surface area contributed by atoms with Gasteiger partial charge in [0.15, 0.2) is 5.58 Å². The molecule has 3 heterocycles. The molecule has 3 aromatic heterocycles. The van der Waals surface area contributed by atoms with Crippen LogP contribution in [0.25, 0.3) is 76.9 Å². The van der Waals surface area contributed by atoms with Gasteiger partial charge in [-0.15, -0.1) is 0 Å². The molecule has 0 radical (unpaired) electrons. The Morgan fingerprint density at radius 3 is 1.82 bits per heavy atom. The number of rotatable bonds is 2. The van der Waals surface area contributed by atoms with E-state index < -0.39 is 0 Å². The van der Waals surface area contributed by atoms with E-state index in [0.29, 0.717) is 0 Å². The van der Waals surface area contributed by atoms with Crippen LogP contribution in [0.2, 0.25) is 0 Å². The quantitative estimate of drug-likeness (QED) is 0.233. The summed E-state index contributed by atoms with van der Waals surface area (Å²) in [6.45, 7) is 0. The predicted octanol–water partition coefficient (Wildman–Crippen LogP) is 9.78. The van der Waals surface area contributed by atoms with E-state index in [1.807, 2.05) is 6.07 Å². The van der Waals surface area contributed by atoms with Crippen LogP contribution in [0, 0.1) is 0 Å². The molecule has 0 unspecified atom stereocenters. The molecule has 9 rings (SSSR count). The average Bonchev–Trinajstić information content (AvgIpc) is 3.65. The van der Waals surface area contributed by atoms with Crippen LogP contribution >= 0.6 is 0 Å². The molecule has 39 heavy (non-hydrogen) atoms. The van der Waals surface area contributed by atoms with Crippen molar-refractivity contribution in [2.75, 3.05) is 0 Å². The van der Waals surface area contributed by atoms with Crippen LogP contribution in [0.3, 0.4) is 0 Å². The fourth-order valence-corrected chi connectivity index (χ4v) is 6.45. The van der Waals surface area contributed by atoms with Crippen molar-refractivity contribution >= 4 is 65.6 Å². The first kappa shape index (κ1) is 20.7. The lowest BCUT2D eigenvalue weighted by Crippen LogP contribution is -1.95. The molecule has 0 amide bonds.